The van der Waals surface area contributed by atoms with E-state index in [0.29, 0.717) is 22.9 Å². The smallest absolute Gasteiger partial charge is 0.146 e. The summed E-state index contributed by atoms with van der Waals surface area (Å²) in [6.07, 6.45) is 3.53. The first-order chi connectivity index (χ1) is 8.20. The van der Waals surface area contributed by atoms with E-state index < -0.39 is 0 Å². The molecule has 0 spiro atoms. The molecule has 1 aromatic heterocycles. The molecule has 86 valence electrons. The predicted octanol–water partition coefficient (Wildman–Crippen LogP) is 2.52. The van der Waals surface area contributed by atoms with Gasteiger partial charge in [-0.05, 0) is 12.1 Å². The monoisotopic (exact) mass is 247 g/mol. The van der Waals surface area contributed by atoms with E-state index in [9.17, 15) is 0 Å². The highest BCUT2D eigenvalue weighted by atomic mass is 35.5. The molecule has 0 aliphatic heterocycles. The first-order valence-corrected chi connectivity index (χ1v) is 5.37. The molecule has 1 heterocycles. The Morgan fingerprint density at radius 1 is 1.53 bits per heavy atom. The molecule has 0 fully saturated rings. The molecule has 0 N–H and O–H groups in total. The van der Waals surface area contributed by atoms with Gasteiger partial charge in [-0.1, -0.05) is 11.6 Å². The predicted molar refractivity (Wildman–Crippen MR) is 63.7 cm³/mol. The number of aromatic nitrogens is 2. The zero-order valence-corrected chi connectivity index (χ0v) is 9.98. The average molecular weight is 248 g/mol. The summed E-state index contributed by atoms with van der Waals surface area (Å²) >= 11 is 5.86. The third-order valence-electron chi connectivity index (χ3n) is 2.34. The van der Waals surface area contributed by atoms with Crippen molar-refractivity contribution in [3.05, 3.63) is 47.0 Å². The van der Waals surface area contributed by atoms with Crippen LogP contribution < -0.4 is 4.74 Å². The minimum Gasteiger partial charge on any atom is -0.484 e. The molecule has 0 aliphatic rings. The fourth-order valence-corrected chi connectivity index (χ4v) is 1.55. The van der Waals surface area contributed by atoms with Crippen molar-refractivity contribution >= 4 is 11.6 Å². The number of ether oxygens (including phenoxy) is 1. The van der Waals surface area contributed by atoms with Crippen LogP contribution in [0.4, 0.5) is 0 Å². The standard InChI is InChI=1S/C12H10ClN3O/c1-16-5-4-15-12(16)8-17-11-6-10(13)3-2-9(11)7-14/h2-6H,8H2,1H3. The Morgan fingerprint density at radius 2 is 2.35 bits per heavy atom. The summed E-state index contributed by atoms with van der Waals surface area (Å²) in [5, 5.41) is 9.47. The Balaban J connectivity index is 2.17. The van der Waals surface area contributed by atoms with Crippen LogP contribution in [0.15, 0.2) is 30.6 Å². The summed E-state index contributed by atoms with van der Waals surface area (Å²) in [5.41, 5.74) is 0.462. The van der Waals surface area contributed by atoms with E-state index in [1.54, 1.807) is 24.4 Å². The van der Waals surface area contributed by atoms with Gasteiger partial charge in [0.25, 0.3) is 0 Å². The van der Waals surface area contributed by atoms with Crippen molar-refractivity contribution in [1.82, 2.24) is 9.55 Å². The molecule has 0 amide bonds. The molecule has 2 rings (SSSR count). The Hall–Kier alpha value is -1.99. The molecular weight excluding hydrogens is 238 g/mol. The third kappa shape index (κ3) is 2.58. The minimum atomic E-state index is 0.304. The van der Waals surface area contributed by atoms with Gasteiger partial charge >= 0.3 is 0 Å². The highest BCUT2D eigenvalue weighted by molar-refractivity contribution is 6.30. The van der Waals surface area contributed by atoms with E-state index in [0.717, 1.165) is 5.82 Å². The molecule has 5 heteroatoms. The van der Waals surface area contributed by atoms with E-state index in [4.69, 9.17) is 21.6 Å². The van der Waals surface area contributed by atoms with Crippen molar-refractivity contribution in [2.45, 2.75) is 6.61 Å². The Bertz CT molecular complexity index is 571. The first kappa shape index (κ1) is 11.5. The SMILES string of the molecule is Cn1ccnc1COc1cc(Cl)ccc1C#N. The lowest BCUT2D eigenvalue weighted by atomic mass is 10.2. The summed E-state index contributed by atoms with van der Waals surface area (Å²) in [7, 11) is 1.88. The number of hydrogen-bond acceptors (Lipinski definition) is 3. The topological polar surface area (TPSA) is 50.8 Å². The lowest BCUT2D eigenvalue weighted by Crippen LogP contribution is -2.03. The molecule has 0 bridgehead atoms. The van der Waals surface area contributed by atoms with Crippen LogP contribution in [0.2, 0.25) is 5.02 Å². The minimum absolute atomic E-state index is 0.304. The third-order valence-corrected chi connectivity index (χ3v) is 2.58. The van der Waals surface area contributed by atoms with Crippen molar-refractivity contribution in [3.8, 4) is 11.8 Å². The zero-order valence-electron chi connectivity index (χ0n) is 9.22. The van der Waals surface area contributed by atoms with Gasteiger partial charge in [0.05, 0.1) is 5.56 Å². The second-order valence-electron chi connectivity index (χ2n) is 3.50. The molecule has 0 saturated heterocycles. The van der Waals surface area contributed by atoms with E-state index in [1.807, 2.05) is 17.8 Å². The number of nitriles is 1. The molecule has 0 radical (unpaired) electrons. The van der Waals surface area contributed by atoms with Crippen LogP contribution in [0, 0.1) is 11.3 Å². The van der Waals surface area contributed by atoms with Gasteiger partial charge in [0.15, 0.2) is 0 Å². The van der Waals surface area contributed by atoms with Gasteiger partial charge in [0, 0.05) is 30.5 Å². The molecule has 4 nitrogen and oxygen atoms in total. The van der Waals surface area contributed by atoms with E-state index in [-0.39, 0.29) is 0 Å². The molecule has 17 heavy (non-hydrogen) atoms. The first-order valence-electron chi connectivity index (χ1n) is 4.99. The van der Waals surface area contributed by atoms with Crippen LogP contribution in [-0.2, 0) is 13.7 Å². The molecule has 1 aromatic carbocycles. The maximum Gasteiger partial charge on any atom is 0.146 e. The summed E-state index contributed by atoms with van der Waals surface area (Å²) < 4.78 is 7.40. The largest absolute Gasteiger partial charge is 0.484 e. The van der Waals surface area contributed by atoms with Crippen LogP contribution in [0.1, 0.15) is 11.4 Å². The number of hydrogen-bond donors (Lipinski definition) is 0. The molecule has 2 aromatic rings. The van der Waals surface area contributed by atoms with Gasteiger partial charge in [-0.2, -0.15) is 5.26 Å². The van der Waals surface area contributed by atoms with Crippen molar-refractivity contribution in [1.29, 1.82) is 5.26 Å². The fourth-order valence-electron chi connectivity index (χ4n) is 1.39. The highest BCUT2D eigenvalue weighted by Crippen LogP contribution is 2.23. The second kappa shape index (κ2) is 4.89. The van der Waals surface area contributed by atoms with Gasteiger partial charge in [0.1, 0.15) is 24.3 Å². The van der Waals surface area contributed by atoms with Crippen molar-refractivity contribution in [3.63, 3.8) is 0 Å². The van der Waals surface area contributed by atoms with Crippen molar-refractivity contribution in [2.75, 3.05) is 0 Å². The van der Waals surface area contributed by atoms with Gasteiger partial charge in [-0.25, -0.2) is 4.98 Å². The second-order valence-corrected chi connectivity index (χ2v) is 3.93. The van der Waals surface area contributed by atoms with Crippen molar-refractivity contribution < 1.29 is 4.74 Å². The Morgan fingerprint density at radius 3 is 3.00 bits per heavy atom. The summed E-state index contributed by atoms with van der Waals surface area (Å²) in [6, 6.07) is 6.98. The maximum atomic E-state index is 8.93. The Labute approximate surface area is 104 Å². The van der Waals surface area contributed by atoms with Crippen LogP contribution in [0.5, 0.6) is 5.75 Å². The van der Waals surface area contributed by atoms with Gasteiger partial charge in [0.2, 0.25) is 0 Å². The van der Waals surface area contributed by atoms with Crippen LogP contribution in [0.25, 0.3) is 0 Å². The molecule has 0 aliphatic carbocycles. The zero-order chi connectivity index (χ0) is 12.3. The Kier molecular flexibility index (Phi) is 3.31. The number of imidazole rings is 1. The summed E-state index contributed by atoms with van der Waals surface area (Å²) in [5.74, 6) is 1.26. The van der Waals surface area contributed by atoms with E-state index in [2.05, 4.69) is 11.1 Å². The quantitative estimate of drug-likeness (QED) is 0.838. The van der Waals surface area contributed by atoms with Gasteiger partial charge in [-0.3, -0.25) is 0 Å². The summed E-state index contributed by atoms with van der Waals surface area (Å²) in [6.45, 7) is 0.304. The van der Waals surface area contributed by atoms with E-state index in [1.165, 1.54) is 0 Å². The number of nitrogens with zero attached hydrogens (tertiary/aromatic N) is 3. The number of rotatable bonds is 3. The van der Waals surface area contributed by atoms with Crippen LogP contribution in [0.3, 0.4) is 0 Å². The van der Waals surface area contributed by atoms with Gasteiger partial charge in [-0.15, -0.1) is 0 Å². The van der Waals surface area contributed by atoms with Crippen molar-refractivity contribution in [2.24, 2.45) is 7.05 Å². The molecular formula is C12H10ClN3O. The molecule has 0 unspecified atom stereocenters. The highest BCUT2D eigenvalue weighted by Gasteiger charge is 2.06. The van der Waals surface area contributed by atoms with Gasteiger partial charge < -0.3 is 9.30 Å². The number of aryl methyl sites for hydroxylation is 1. The maximum absolute atomic E-state index is 8.93. The molecule has 0 saturated carbocycles. The fraction of sp³-hybridized carbons (Fsp3) is 0.167. The summed E-state index contributed by atoms with van der Waals surface area (Å²) in [4.78, 5) is 4.13. The number of halogens is 1. The lowest BCUT2D eigenvalue weighted by molar-refractivity contribution is 0.291. The molecule has 0 atom stereocenters. The lowest BCUT2D eigenvalue weighted by Gasteiger charge is -2.07. The van der Waals surface area contributed by atoms with Crippen LogP contribution >= 0.6 is 11.6 Å². The normalized spacial score (nSPS) is 9.94. The van der Waals surface area contributed by atoms with Crippen LogP contribution in [-0.4, -0.2) is 9.55 Å². The van der Waals surface area contributed by atoms with E-state index >= 15 is 0 Å². The number of benzene rings is 1. The average Bonchev–Trinajstić information content (AvgIpc) is 2.72.